The highest BCUT2D eigenvalue weighted by atomic mass is 79.9. The number of carbonyl (C=O) groups excluding carboxylic acids is 4. The van der Waals surface area contributed by atoms with E-state index in [1.54, 1.807) is 31.2 Å². The van der Waals surface area contributed by atoms with E-state index < -0.39 is 130 Å². The largest absolute Gasteiger partial charge is 0.458 e. The first-order valence-corrected chi connectivity index (χ1v) is 19.9. The van der Waals surface area contributed by atoms with Crippen LogP contribution < -0.4 is 0 Å². The second-order valence-electron chi connectivity index (χ2n) is 18.4. The van der Waals surface area contributed by atoms with Gasteiger partial charge in [0.1, 0.15) is 30.5 Å². The molecule has 1 spiro atoms. The quantitative estimate of drug-likeness (QED) is 0.229. The predicted molar refractivity (Wildman–Crippen MR) is 188 cm³/mol. The molecule has 8 fully saturated rings. The molecule has 3 aliphatic heterocycles. The van der Waals surface area contributed by atoms with Crippen LogP contribution in [-0.2, 0) is 42.8 Å². The number of hydrogen-bond acceptors (Lipinski definition) is 13. The number of esters is 4. The number of fused-ring (bicyclic) bond motifs is 9. The monoisotopic (exact) mass is 816 g/mol. The van der Waals surface area contributed by atoms with Crippen molar-refractivity contribution in [1.82, 2.24) is 0 Å². The topological polar surface area (TPSA) is 191 Å². The number of carbonyl (C=O) groups is 4. The van der Waals surface area contributed by atoms with Crippen LogP contribution in [0.1, 0.15) is 72.2 Å². The Bertz CT molecular complexity index is 1830. The van der Waals surface area contributed by atoms with Crippen molar-refractivity contribution < 1.29 is 62.9 Å². The van der Waals surface area contributed by atoms with E-state index in [1.165, 1.54) is 20.8 Å². The van der Waals surface area contributed by atoms with Gasteiger partial charge in [-0.3, -0.25) is 9.59 Å². The van der Waals surface area contributed by atoms with E-state index in [0.29, 0.717) is 12.0 Å². The summed E-state index contributed by atoms with van der Waals surface area (Å²) in [7, 11) is 0. The van der Waals surface area contributed by atoms with E-state index in [0.717, 1.165) is 4.47 Å². The van der Waals surface area contributed by atoms with Crippen LogP contribution >= 0.6 is 15.9 Å². The highest BCUT2D eigenvalue weighted by molar-refractivity contribution is 9.10. The van der Waals surface area contributed by atoms with Gasteiger partial charge in [0.15, 0.2) is 5.60 Å². The molecular weight excluding hydrogens is 768 g/mol. The van der Waals surface area contributed by atoms with Crippen molar-refractivity contribution in [2.45, 2.75) is 122 Å². The summed E-state index contributed by atoms with van der Waals surface area (Å²) in [6.07, 6.45) is -6.28. The summed E-state index contributed by atoms with van der Waals surface area (Å²) < 4.78 is 38.3. The van der Waals surface area contributed by atoms with Crippen molar-refractivity contribution in [3.05, 3.63) is 34.3 Å². The van der Waals surface area contributed by atoms with Gasteiger partial charge in [-0.2, -0.15) is 0 Å². The molecule has 3 saturated heterocycles. The Labute approximate surface area is 321 Å². The van der Waals surface area contributed by atoms with Crippen molar-refractivity contribution in [1.29, 1.82) is 0 Å². The number of ether oxygens (including phenoxy) is 6. The fourth-order valence-corrected chi connectivity index (χ4v) is 14.4. The summed E-state index contributed by atoms with van der Waals surface area (Å²) in [6.45, 7) is 13.5. The molecule has 0 bridgehead atoms. The van der Waals surface area contributed by atoms with Gasteiger partial charge >= 0.3 is 23.9 Å². The first-order valence-electron chi connectivity index (χ1n) is 19.2. The third-order valence-corrected chi connectivity index (χ3v) is 16.9. The fraction of sp³-hybridized carbons (Fsp3) is 0.750. The molecule has 54 heavy (non-hydrogen) atoms. The highest BCUT2D eigenvalue weighted by Crippen LogP contribution is 2.81. The Kier molecular flexibility index (Phi) is 7.72. The lowest BCUT2D eigenvalue weighted by Gasteiger charge is -2.67. The smallest absolute Gasteiger partial charge is 0.341 e. The van der Waals surface area contributed by atoms with Crippen molar-refractivity contribution in [3.63, 3.8) is 0 Å². The second kappa shape index (κ2) is 11.3. The Balaban J connectivity index is 1.29. The van der Waals surface area contributed by atoms with E-state index in [2.05, 4.69) is 15.9 Å². The van der Waals surface area contributed by atoms with Crippen LogP contribution in [0.2, 0.25) is 0 Å². The van der Waals surface area contributed by atoms with E-state index in [9.17, 15) is 34.5 Å². The number of benzene rings is 1. The Morgan fingerprint density at radius 3 is 2.13 bits per heavy atom. The van der Waals surface area contributed by atoms with Gasteiger partial charge in [0.25, 0.3) is 0 Å². The van der Waals surface area contributed by atoms with Gasteiger partial charge in [-0.1, -0.05) is 43.6 Å². The molecule has 14 heteroatoms. The van der Waals surface area contributed by atoms with Gasteiger partial charge in [-0.05, 0) is 68.2 Å². The molecule has 5 saturated carbocycles. The summed E-state index contributed by atoms with van der Waals surface area (Å²) in [6, 6.07) is 6.80. The number of epoxide rings is 2. The van der Waals surface area contributed by atoms with Crippen LogP contribution in [0.4, 0.5) is 0 Å². The molecule has 8 aliphatic rings. The standard InChI is InChI=1S/C40H49BrO13/c1-14-20-13-21-29(51-21)31(45)36(20,5)25-22(28(14)52-34(46)18-9-11-19(41)12-10-18)24-27(44)26-23(37(24,6)33(50-17(4)43)30(25)49-16(3)42)15(2)32-40(53-32)38(26,7)39(8,48)35(47)54-40/h9-12,14-15,20-33,44-45,48H,13H2,1-8H3/t14-,15-,20+,21-,22?,23-,24+,25?,26-,27+,28-,29-,30-,31-,32+,33-,36-,37+,38-,39+,40-/m0/s1. The Morgan fingerprint density at radius 2 is 1.50 bits per heavy atom. The van der Waals surface area contributed by atoms with E-state index in [4.69, 9.17) is 28.4 Å². The molecule has 3 N–H and O–H groups in total. The summed E-state index contributed by atoms with van der Waals surface area (Å²) in [5.74, 6) is -9.17. The molecule has 1 aromatic rings. The van der Waals surface area contributed by atoms with Gasteiger partial charge in [0, 0.05) is 52.8 Å². The van der Waals surface area contributed by atoms with Crippen molar-refractivity contribution >= 4 is 39.8 Å². The summed E-state index contributed by atoms with van der Waals surface area (Å²) >= 11 is 3.43. The molecule has 21 atom stereocenters. The van der Waals surface area contributed by atoms with Crippen molar-refractivity contribution in [2.75, 3.05) is 0 Å². The van der Waals surface area contributed by atoms with Crippen LogP contribution in [0.15, 0.2) is 28.7 Å². The van der Waals surface area contributed by atoms with Crippen LogP contribution in [0.3, 0.4) is 0 Å². The van der Waals surface area contributed by atoms with Gasteiger partial charge in [-0.25, -0.2) is 9.59 Å². The minimum atomic E-state index is -2.08. The average molecular weight is 818 g/mol. The Morgan fingerprint density at radius 1 is 0.852 bits per heavy atom. The zero-order valence-electron chi connectivity index (χ0n) is 31.6. The van der Waals surface area contributed by atoms with Gasteiger partial charge in [0.05, 0.1) is 29.3 Å². The maximum absolute atomic E-state index is 14.2. The molecule has 5 aliphatic carbocycles. The molecule has 0 radical (unpaired) electrons. The highest BCUT2D eigenvalue weighted by Gasteiger charge is 2.93. The lowest BCUT2D eigenvalue weighted by atomic mass is 9.39. The van der Waals surface area contributed by atoms with E-state index in [-0.39, 0.29) is 17.9 Å². The second-order valence-corrected chi connectivity index (χ2v) is 19.3. The lowest BCUT2D eigenvalue weighted by Crippen LogP contribution is -2.74. The fourth-order valence-electron chi connectivity index (χ4n) is 14.1. The molecule has 13 nitrogen and oxygen atoms in total. The van der Waals surface area contributed by atoms with Crippen molar-refractivity contribution in [2.24, 2.45) is 63.6 Å². The lowest BCUT2D eigenvalue weighted by molar-refractivity contribution is -0.289. The van der Waals surface area contributed by atoms with Gasteiger partial charge < -0.3 is 43.7 Å². The minimum Gasteiger partial charge on any atom is -0.458 e. The van der Waals surface area contributed by atoms with Gasteiger partial charge in [0.2, 0.25) is 5.79 Å². The van der Waals surface area contributed by atoms with Crippen LogP contribution in [0.25, 0.3) is 0 Å². The van der Waals surface area contributed by atoms with Crippen LogP contribution in [0.5, 0.6) is 0 Å². The normalized spacial score (nSPS) is 55.6. The predicted octanol–water partition coefficient (Wildman–Crippen LogP) is 3.18. The molecule has 3 heterocycles. The first-order chi connectivity index (χ1) is 25.2. The van der Waals surface area contributed by atoms with Crippen LogP contribution in [-0.4, -0.2) is 99.4 Å². The van der Waals surface area contributed by atoms with E-state index >= 15 is 0 Å². The Hall–Kier alpha value is -2.62. The molecule has 294 valence electrons. The zero-order chi connectivity index (χ0) is 39.0. The maximum atomic E-state index is 14.2. The van der Waals surface area contributed by atoms with Crippen molar-refractivity contribution in [3.8, 4) is 0 Å². The SMILES string of the molecule is CC(=O)O[C@H]1C2C([C@@H](OC(=O)c3ccc(Br)cc3)[C@@H](C)[C@H]3C[C@@H]4O[C@@H]4[C@H](O)[C@]23C)[C@@H]2[C@@H](O)[C@@H]3[C@H]([C@H](C)[C@H]4O[C@]45OC(=O)[C@@](C)(O)[C@]35C)[C@@]2(C)[C@H]1OC(C)=O. The summed E-state index contributed by atoms with van der Waals surface area (Å²) in [4.78, 5) is 54.2. The maximum Gasteiger partial charge on any atom is 0.341 e. The van der Waals surface area contributed by atoms with E-state index in [1.807, 2.05) is 27.7 Å². The third kappa shape index (κ3) is 4.23. The molecule has 0 aromatic heterocycles. The molecule has 2 unspecified atom stereocenters. The zero-order valence-corrected chi connectivity index (χ0v) is 33.1. The molecule has 0 amide bonds. The molecule has 1 aromatic carbocycles. The summed E-state index contributed by atoms with van der Waals surface area (Å²) in [5, 5.41) is 37.6. The number of halogens is 1. The van der Waals surface area contributed by atoms with Gasteiger partial charge in [-0.15, -0.1) is 0 Å². The summed E-state index contributed by atoms with van der Waals surface area (Å²) in [5.41, 5.74) is -5.49. The van der Waals surface area contributed by atoms with Crippen LogP contribution in [0, 0.1) is 63.6 Å². The number of aliphatic hydroxyl groups excluding tert-OH is 2. The average Bonchev–Trinajstić information content (AvgIpc) is 4.00. The minimum absolute atomic E-state index is 0.198. The number of rotatable bonds is 4. The number of hydrogen-bond donors (Lipinski definition) is 3. The molecular formula is C40H49BrO13. The number of aliphatic hydroxyl groups is 3. The third-order valence-electron chi connectivity index (χ3n) is 16.4. The first kappa shape index (κ1) is 37.0. The molecule has 9 rings (SSSR count).